The summed E-state index contributed by atoms with van der Waals surface area (Å²) in [4.78, 5) is 7.28. The molecule has 9 heteroatoms. The van der Waals surface area contributed by atoms with Crippen molar-refractivity contribution in [3.05, 3.63) is 53.4 Å². The van der Waals surface area contributed by atoms with Crippen molar-refractivity contribution in [3.8, 4) is 22.8 Å². The van der Waals surface area contributed by atoms with Crippen molar-refractivity contribution in [1.82, 2.24) is 9.29 Å². The van der Waals surface area contributed by atoms with Gasteiger partial charge in [-0.25, -0.2) is 13.4 Å². The van der Waals surface area contributed by atoms with Gasteiger partial charge in [0.25, 0.3) is 0 Å². The molecule has 0 unspecified atom stereocenters. The molecule has 3 aromatic rings. The minimum atomic E-state index is -3.52. The molecule has 2 aromatic carbocycles. The topological polar surface area (TPSA) is 72.0 Å². The van der Waals surface area contributed by atoms with Crippen LogP contribution in [0.1, 0.15) is 26.3 Å². The highest BCUT2D eigenvalue weighted by Crippen LogP contribution is 2.34. The molecule has 0 saturated carbocycles. The van der Waals surface area contributed by atoms with Crippen LogP contribution in [0.25, 0.3) is 11.3 Å². The van der Waals surface area contributed by atoms with Gasteiger partial charge in [-0.2, -0.15) is 4.31 Å². The van der Waals surface area contributed by atoms with E-state index in [1.807, 2.05) is 35.7 Å². The molecule has 0 N–H and O–H groups in total. The number of benzene rings is 2. The Labute approximate surface area is 206 Å². The molecule has 4 rings (SSSR count). The highest BCUT2D eigenvalue weighted by molar-refractivity contribution is 7.89. The Balaban J connectivity index is 1.44. The lowest BCUT2D eigenvalue weighted by Gasteiger charge is -2.33. The Bertz CT molecular complexity index is 1240. The fourth-order valence-corrected chi connectivity index (χ4v) is 6.24. The predicted molar refractivity (Wildman–Crippen MR) is 137 cm³/mol. The van der Waals surface area contributed by atoms with Crippen LogP contribution in [0.15, 0.2) is 52.7 Å². The summed E-state index contributed by atoms with van der Waals surface area (Å²) in [6, 6.07) is 13.0. The fourth-order valence-electron chi connectivity index (χ4n) is 3.93. The third-order valence-electron chi connectivity index (χ3n) is 6.04. The van der Waals surface area contributed by atoms with Crippen molar-refractivity contribution in [3.63, 3.8) is 0 Å². The van der Waals surface area contributed by atoms with E-state index < -0.39 is 10.0 Å². The summed E-state index contributed by atoms with van der Waals surface area (Å²) in [5, 5.41) is 2.90. The molecule has 1 aliphatic heterocycles. The van der Waals surface area contributed by atoms with Crippen molar-refractivity contribution < 1.29 is 17.9 Å². The maximum absolute atomic E-state index is 13.2. The molecule has 0 spiro atoms. The summed E-state index contributed by atoms with van der Waals surface area (Å²) in [6.07, 6.45) is 0. The Morgan fingerprint density at radius 2 is 1.56 bits per heavy atom. The summed E-state index contributed by atoms with van der Waals surface area (Å²) < 4.78 is 38.6. The van der Waals surface area contributed by atoms with E-state index in [4.69, 9.17) is 14.5 Å². The lowest BCUT2D eigenvalue weighted by atomic mass is 9.87. The van der Waals surface area contributed by atoms with Crippen molar-refractivity contribution in [2.45, 2.75) is 31.1 Å². The molecule has 0 bridgehead atoms. The van der Waals surface area contributed by atoms with E-state index in [9.17, 15) is 8.42 Å². The van der Waals surface area contributed by atoms with Crippen LogP contribution in [0.5, 0.6) is 11.5 Å². The quantitative estimate of drug-likeness (QED) is 0.490. The first-order chi connectivity index (χ1) is 16.1. The Morgan fingerprint density at radius 1 is 0.912 bits per heavy atom. The number of aromatic nitrogens is 1. The smallest absolute Gasteiger partial charge is 0.243 e. The van der Waals surface area contributed by atoms with Gasteiger partial charge in [-0.05, 0) is 41.3 Å². The molecule has 1 aliphatic rings. The standard InChI is InChI=1S/C25H31N3O4S2/c1-25(2,3)19-7-9-20(10-8-19)34(29,30)28-14-12-27(13-15-28)24-26-21(17-33-24)18-6-11-22(31-4)23(16-18)32-5/h6-11,16-17H,12-15H2,1-5H3. The number of thiazole rings is 1. The zero-order chi connectivity index (χ0) is 24.5. The SMILES string of the molecule is COc1ccc(-c2csc(N3CCN(S(=O)(=O)c4ccc(C(C)(C)C)cc4)CC3)n2)cc1OC. The summed E-state index contributed by atoms with van der Waals surface area (Å²) in [5.41, 5.74) is 2.90. The molecule has 7 nitrogen and oxygen atoms in total. The van der Waals surface area contributed by atoms with Gasteiger partial charge in [-0.15, -0.1) is 11.3 Å². The summed E-state index contributed by atoms with van der Waals surface area (Å²) in [5.74, 6) is 1.33. The maximum Gasteiger partial charge on any atom is 0.243 e. The molecular weight excluding hydrogens is 470 g/mol. The monoisotopic (exact) mass is 501 g/mol. The van der Waals surface area contributed by atoms with Gasteiger partial charge in [0.15, 0.2) is 16.6 Å². The third kappa shape index (κ3) is 4.92. The van der Waals surface area contributed by atoms with Gasteiger partial charge in [0.05, 0.1) is 24.8 Å². The van der Waals surface area contributed by atoms with Crippen molar-refractivity contribution >= 4 is 26.5 Å². The second-order valence-electron chi connectivity index (χ2n) is 9.25. The van der Waals surface area contributed by atoms with Crippen LogP contribution in [0, 0.1) is 0 Å². The first kappa shape index (κ1) is 24.5. The molecule has 2 heterocycles. The van der Waals surface area contributed by atoms with E-state index in [0.29, 0.717) is 42.6 Å². The Kier molecular flexibility index (Phi) is 6.89. The van der Waals surface area contributed by atoms with E-state index in [1.54, 1.807) is 42.0 Å². The van der Waals surface area contributed by atoms with Crippen LogP contribution in [-0.2, 0) is 15.4 Å². The Morgan fingerprint density at radius 3 is 2.15 bits per heavy atom. The number of rotatable bonds is 6. The third-order valence-corrected chi connectivity index (χ3v) is 8.85. The van der Waals surface area contributed by atoms with Gasteiger partial charge >= 0.3 is 0 Å². The number of methoxy groups -OCH3 is 2. The zero-order valence-electron chi connectivity index (χ0n) is 20.2. The van der Waals surface area contributed by atoms with E-state index in [-0.39, 0.29) is 5.41 Å². The number of hydrogen-bond acceptors (Lipinski definition) is 7. The molecule has 182 valence electrons. The average molecular weight is 502 g/mol. The molecule has 0 amide bonds. The predicted octanol–water partition coefficient (Wildman–Crippen LogP) is 4.64. The first-order valence-corrected chi connectivity index (χ1v) is 13.5. The van der Waals surface area contributed by atoms with Crippen LogP contribution in [0.3, 0.4) is 0 Å². The van der Waals surface area contributed by atoms with Gasteiger partial charge in [-0.1, -0.05) is 32.9 Å². The molecule has 0 radical (unpaired) electrons. The molecule has 1 saturated heterocycles. The lowest BCUT2D eigenvalue weighted by molar-refractivity contribution is 0.355. The largest absolute Gasteiger partial charge is 0.493 e. The first-order valence-electron chi connectivity index (χ1n) is 11.2. The van der Waals surface area contributed by atoms with E-state index in [1.165, 1.54) is 0 Å². The highest BCUT2D eigenvalue weighted by Gasteiger charge is 2.30. The van der Waals surface area contributed by atoms with Crippen molar-refractivity contribution in [2.75, 3.05) is 45.3 Å². The second kappa shape index (κ2) is 9.56. The highest BCUT2D eigenvalue weighted by atomic mass is 32.2. The number of ether oxygens (including phenoxy) is 2. The minimum Gasteiger partial charge on any atom is -0.493 e. The number of sulfonamides is 1. The van der Waals surface area contributed by atoms with Crippen molar-refractivity contribution in [2.24, 2.45) is 0 Å². The summed E-state index contributed by atoms with van der Waals surface area (Å²) >= 11 is 1.56. The van der Waals surface area contributed by atoms with Gasteiger partial charge in [0, 0.05) is 37.1 Å². The lowest BCUT2D eigenvalue weighted by Crippen LogP contribution is -2.48. The molecule has 0 aliphatic carbocycles. The summed E-state index contributed by atoms with van der Waals surface area (Å²) in [6.45, 7) is 8.39. The van der Waals surface area contributed by atoms with Crippen LogP contribution >= 0.6 is 11.3 Å². The molecule has 1 fully saturated rings. The Hall–Kier alpha value is -2.62. The molecule has 1 aromatic heterocycles. The van der Waals surface area contributed by atoms with Crippen LogP contribution in [-0.4, -0.2) is 58.1 Å². The van der Waals surface area contributed by atoms with Gasteiger partial charge in [0.1, 0.15) is 0 Å². The maximum atomic E-state index is 13.2. The fraction of sp³-hybridized carbons (Fsp3) is 0.400. The average Bonchev–Trinajstić information content (AvgIpc) is 3.33. The van der Waals surface area contributed by atoms with Crippen LogP contribution < -0.4 is 14.4 Å². The number of nitrogens with zero attached hydrogens (tertiary/aromatic N) is 3. The van der Waals surface area contributed by atoms with Crippen LogP contribution in [0.4, 0.5) is 5.13 Å². The normalized spacial score (nSPS) is 15.4. The van der Waals surface area contributed by atoms with E-state index >= 15 is 0 Å². The second-order valence-corrected chi connectivity index (χ2v) is 12.0. The van der Waals surface area contributed by atoms with Gasteiger partial charge < -0.3 is 14.4 Å². The molecular formula is C25H31N3O4S2. The molecule has 34 heavy (non-hydrogen) atoms. The number of hydrogen-bond donors (Lipinski definition) is 0. The minimum absolute atomic E-state index is 0.0164. The van der Waals surface area contributed by atoms with Gasteiger partial charge in [0.2, 0.25) is 10.0 Å². The molecule has 0 atom stereocenters. The van der Waals surface area contributed by atoms with E-state index in [0.717, 1.165) is 22.0 Å². The van der Waals surface area contributed by atoms with Crippen LogP contribution in [0.2, 0.25) is 0 Å². The number of piperazine rings is 1. The van der Waals surface area contributed by atoms with Gasteiger partial charge in [-0.3, -0.25) is 0 Å². The zero-order valence-corrected chi connectivity index (χ0v) is 21.9. The summed E-state index contributed by atoms with van der Waals surface area (Å²) in [7, 11) is -0.296. The van der Waals surface area contributed by atoms with Crippen molar-refractivity contribution in [1.29, 1.82) is 0 Å². The number of anilines is 1. The van der Waals surface area contributed by atoms with E-state index in [2.05, 4.69) is 25.7 Å².